The summed E-state index contributed by atoms with van der Waals surface area (Å²) >= 11 is 0. The second-order valence-electron chi connectivity index (χ2n) is 5.01. The molecule has 5 nitrogen and oxygen atoms in total. The van der Waals surface area contributed by atoms with Crippen molar-refractivity contribution in [1.29, 1.82) is 0 Å². The van der Waals surface area contributed by atoms with Crippen molar-refractivity contribution in [2.24, 2.45) is 5.92 Å². The van der Waals surface area contributed by atoms with E-state index in [2.05, 4.69) is 10.6 Å². The van der Waals surface area contributed by atoms with Crippen LogP contribution in [-0.2, 0) is 9.53 Å². The van der Waals surface area contributed by atoms with Crippen LogP contribution in [0.2, 0.25) is 0 Å². The van der Waals surface area contributed by atoms with Crippen LogP contribution >= 0.6 is 0 Å². The van der Waals surface area contributed by atoms with E-state index in [9.17, 15) is 9.90 Å². The molecular weight excluding hydrogens is 220 g/mol. The zero-order chi connectivity index (χ0) is 12.1. The number of aliphatic hydroxyl groups is 1. The molecule has 17 heavy (non-hydrogen) atoms. The van der Waals surface area contributed by atoms with Gasteiger partial charge in [-0.05, 0) is 31.6 Å². The summed E-state index contributed by atoms with van der Waals surface area (Å²) in [5.41, 5.74) is 0. The van der Waals surface area contributed by atoms with Gasteiger partial charge in [0.15, 0.2) is 0 Å². The Kier molecular flexibility index (Phi) is 4.76. The van der Waals surface area contributed by atoms with Crippen LogP contribution in [0.1, 0.15) is 25.7 Å². The van der Waals surface area contributed by atoms with Crippen molar-refractivity contribution in [3.63, 3.8) is 0 Å². The molecule has 2 fully saturated rings. The third kappa shape index (κ3) is 4.61. The topological polar surface area (TPSA) is 70.6 Å². The van der Waals surface area contributed by atoms with Gasteiger partial charge in [0.2, 0.25) is 5.91 Å². The van der Waals surface area contributed by atoms with Gasteiger partial charge in [0.05, 0.1) is 12.1 Å². The molecule has 1 amide bonds. The van der Waals surface area contributed by atoms with E-state index in [0.717, 1.165) is 25.6 Å². The van der Waals surface area contributed by atoms with Crippen LogP contribution in [0.3, 0.4) is 0 Å². The smallest absolute Gasteiger partial charge is 0.237 e. The summed E-state index contributed by atoms with van der Waals surface area (Å²) in [6, 6.07) is -0.225. The molecule has 1 aliphatic heterocycles. The largest absolute Gasteiger partial charge is 0.392 e. The number of aliphatic hydroxyl groups excluding tert-OH is 1. The number of carbonyl (C=O) groups excluding carboxylic acids is 1. The standard InChI is InChI=1S/C12H22N2O3/c15-10-6-11(14-7-10)12(16)13-4-1-5-17-8-9-2-3-9/h9-11,14-15H,1-8H2,(H,13,16). The first kappa shape index (κ1) is 12.8. The number of carbonyl (C=O) groups is 1. The normalized spacial score (nSPS) is 28.3. The van der Waals surface area contributed by atoms with Gasteiger partial charge in [0.25, 0.3) is 0 Å². The summed E-state index contributed by atoms with van der Waals surface area (Å²) in [7, 11) is 0. The molecule has 3 N–H and O–H groups in total. The highest BCUT2D eigenvalue weighted by molar-refractivity contribution is 5.82. The molecule has 2 atom stereocenters. The van der Waals surface area contributed by atoms with Crippen molar-refractivity contribution in [2.45, 2.75) is 37.8 Å². The average molecular weight is 242 g/mol. The summed E-state index contributed by atoms with van der Waals surface area (Å²) in [6.07, 6.45) is 3.61. The minimum absolute atomic E-state index is 0.0104. The predicted octanol–water partition coefficient (Wildman–Crippen LogP) is -0.358. The molecule has 0 aromatic heterocycles. The van der Waals surface area contributed by atoms with Crippen LogP contribution < -0.4 is 10.6 Å². The van der Waals surface area contributed by atoms with E-state index in [-0.39, 0.29) is 18.1 Å². The number of nitrogens with one attached hydrogen (secondary N) is 2. The molecule has 0 aromatic carbocycles. The van der Waals surface area contributed by atoms with E-state index in [1.807, 2.05) is 0 Å². The monoisotopic (exact) mass is 242 g/mol. The minimum Gasteiger partial charge on any atom is -0.392 e. The van der Waals surface area contributed by atoms with E-state index >= 15 is 0 Å². The fourth-order valence-electron chi connectivity index (χ4n) is 1.96. The highest BCUT2D eigenvalue weighted by Crippen LogP contribution is 2.28. The lowest BCUT2D eigenvalue weighted by molar-refractivity contribution is -0.122. The Hall–Kier alpha value is -0.650. The summed E-state index contributed by atoms with van der Waals surface area (Å²) in [6.45, 7) is 2.77. The fraction of sp³-hybridized carbons (Fsp3) is 0.917. The first-order valence-corrected chi connectivity index (χ1v) is 6.52. The average Bonchev–Trinajstić information content (AvgIpc) is 3.04. The summed E-state index contributed by atoms with van der Waals surface area (Å²) in [5.74, 6) is 0.789. The number of β-amino-alcohol motifs (C(OH)–C–C–N with tert-alkyl or cyclic N) is 1. The van der Waals surface area contributed by atoms with Crippen LogP contribution in [0.15, 0.2) is 0 Å². The van der Waals surface area contributed by atoms with Crippen molar-refractivity contribution >= 4 is 5.91 Å². The molecule has 1 saturated heterocycles. The first-order valence-electron chi connectivity index (χ1n) is 6.52. The van der Waals surface area contributed by atoms with Gasteiger partial charge in [-0.15, -0.1) is 0 Å². The van der Waals surface area contributed by atoms with Crippen LogP contribution in [0.4, 0.5) is 0 Å². The molecule has 2 aliphatic rings. The number of ether oxygens (including phenoxy) is 1. The first-order chi connectivity index (χ1) is 8.25. The van der Waals surface area contributed by atoms with Crippen molar-refractivity contribution in [2.75, 3.05) is 26.3 Å². The van der Waals surface area contributed by atoms with Crippen LogP contribution in [0.25, 0.3) is 0 Å². The molecule has 1 heterocycles. The van der Waals surface area contributed by atoms with Gasteiger partial charge in [0.1, 0.15) is 0 Å². The molecule has 0 radical (unpaired) electrons. The summed E-state index contributed by atoms with van der Waals surface area (Å²) < 4.78 is 5.47. The van der Waals surface area contributed by atoms with Gasteiger partial charge in [0, 0.05) is 26.3 Å². The molecular formula is C12H22N2O3. The fourth-order valence-corrected chi connectivity index (χ4v) is 1.96. The van der Waals surface area contributed by atoms with E-state index in [4.69, 9.17) is 4.74 Å². The Labute approximate surface area is 102 Å². The molecule has 1 saturated carbocycles. The summed E-state index contributed by atoms with van der Waals surface area (Å²) in [4.78, 5) is 11.6. The molecule has 98 valence electrons. The quantitative estimate of drug-likeness (QED) is 0.533. The molecule has 2 rings (SSSR count). The molecule has 0 bridgehead atoms. The van der Waals surface area contributed by atoms with Gasteiger partial charge in [-0.1, -0.05) is 0 Å². The van der Waals surface area contributed by atoms with E-state index in [1.54, 1.807) is 0 Å². The minimum atomic E-state index is -0.382. The van der Waals surface area contributed by atoms with Gasteiger partial charge >= 0.3 is 0 Å². The third-order valence-corrected chi connectivity index (χ3v) is 3.24. The maximum absolute atomic E-state index is 11.6. The maximum Gasteiger partial charge on any atom is 0.237 e. The molecule has 0 spiro atoms. The van der Waals surface area contributed by atoms with E-state index < -0.39 is 0 Å². The lowest BCUT2D eigenvalue weighted by Crippen LogP contribution is -2.40. The predicted molar refractivity (Wildman–Crippen MR) is 63.6 cm³/mol. The zero-order valence-electron chi connectivity index (χ0n) is 10.2. The number of hydrogen-bond acceptors (Lipinski definition) is 4. The lowest BCUT2D eigenvalue weighted by atomic mass is 10.2. The van der Waals surface area contributed by atoms with Crippen LogP contribution in [0.5, 0.6) is 0 Å². The van der Waals surface area contributed by atoms with Gasteiger partial charge in [-0.25, -0.2) is 0 Å². The number of amides is 1. The molecule has 5 heteroatoms. The number of hydrogen-bond donors (Lipinski definition) is 3. The number of rotatable bonds is 7. The summed E-state index contributed by atoms with van der Waals surface area (Å²) in [5, 5.41) is 15.1. The van der Waals surface area contributed by atoms with Crippen molar-refractivity contribution < 1.29 is 14.6 Å². The second kappa shape index (κ2) is 6.33. The van der Waals surface area contributed by atoms with Gasteiger partial charge in [-0.2, -0.15) is 0 Å². The third-order valence-electron chi connectivity index (χ3n) is 3.24. The Bertz CT molecular complexity index is 256. The second-order valence-corrected chi connectivity index (χ2v) is 5.01. The van der Waals surface area contributed by atoms with Gasteiger partial charge < -0.3 is 20.5 Å². The highest BCUT2D eigenvalue weighted by atomic mass is 16.5. The Morgan fingerprint density at radius 2 is 2.29 bits per heavy atom. The van der Waals surface area contributed by atoms with Crippen molar-refractivity contribution in [3.05, 3.63) is 0 Å². The zero-order valence-corrected chi connectivity index (χ0v) is 10.2. The van der Waals surface area contributed by atoms with Crippen molar-refractivity contribution in [1.82, 2.24) is 10.6 Å². The Morgan fingerprint density at radius 1 is 1.47 bits per heavy atom. The highest BCUT2D eigenvalue weighted by Gasteiger charge is 2.27. The van der Waals surface area contributed by atoms with Crippen molar-refractivity contribution in [3.8, 4) is 0 Å². The van der Waals surface area contributed by atoms with Gasteiger partial charge in [-0.3, -0.25) is 4.79 Å². The molecule has 0 aromatic rings. The van der Waals surface area contributed by atoms with E-state index in [0.29, 0.717) is 19.5 Å². The lowest BCUT2D eigenvalue weighted by Gasteiger charge is -2.10. The Morgan fingerprint density at radius 3 is 2.94 bits per heavy atom. The SMILES string of the molecule is O=C(NCCCOCC1CC1)C1CC(O)CN1. The van der Waals surface area contributed by atoms with Crippen LogP contribution in [0, 0.1) is 5.92 Å². The van der Waals surface area contributed by atoms with Crippen LogP contribution in [-0.4, -0.2) is 49.5 Å². The molecule has 2 unspecified atom stereocenters. The van der Waals surface area contributed by atoms with E-state index in [1.165, 1.54) is 12.8 Å². The maximum atomic E-state index is 11.6. The molecule has 1 aliphatic carbocycles. The Balaban J connectivity index is 1.45.